The topological polar surface area (TPSA) is 3.88 Å². The molecule has 0 saturated carbocycles. The van der Waals surface area contributed by atoms with Crippen molar-refractivity contribution in [2.45, 2.75) is 33.7 Å². The lowest BCUT2D eigenvalue weighted by Gasteiger charge is -2.03. The van der Waals surface area contributed by atoms with Crippen molar-refractivity contribution in [3.8, 4) is 0 Å². The van der Waals surface area contributed by atoms with Crippen LogP contribution in [0.3, 0.4) is 0 Å². The van der Waals surface area contributed by atoms with Gasteiger partial charge in [-0.15, -0.1) is 0 Å². The first-order valence-corrected chi connectivity index (χ1v) is 6.56. The summed E-state index contributed by atoms with van der Waals surface area (Å²) >= 11 is 0. The van der Waals surface area contributed by atoms with Crippen LogP contribution in [0.25, 0.3) is 5.57 Å². The Morgan fingerprint density at radius 1 is 1.17 bits per heavy atom. The number of pyridine rings is 1. The average molecular weight is 242 g/mol. The van der Waals surface area contributed by atoms with Crippen LogP contribution in [0.5, 0.6) is 0 Å². The second kappa shape index (κ2) is 6.95. The van der Waals surface area contributed by atoms with E-state index in [1.807, 2.05) is 6.08 Å². The summed E-state index contributed by atoms with van der Waals surface area (Å²) in [5.41, 5.74) is 2.36. The molecule has 0 N–H and O–H groups in total. The molecule has 1 nitrogen and oxygen atoms in total. The molecule has 0 unspecified atom stereocenters. The zero-order valence-electron chi connectivity index (χ0n) is 11.9. The fourth-order valence-electron chi connectivity index (χ4n) is 1.64. The monoisotopic (exact) mass is 242 g/mol. The molecule has 0 atom stereocenters. The van der Waals surface area contributed by atoms with Crippen LogP contribution < -0.4 is 4.57 Å². The smallest absolute Gasteiger partial charge is 0.169 e. The molecule has 0 bridgehead atoms. The number of nitrogens with zero attached hydrogens (tertiary/aromatic N) is 1. The van der Waals surface area contributed by atoms with E-state index in [1.165, 1.54) is 5.56 Å². The molecule has 0 aliphatic carbocycles. The number of hydrogen-bond donors (Lipinski definition) is 0. The minimum absolute atomic E-state index is 0.496. The van der Waals surface area contributed by atoms with Gasteiger partial charge in [0.2, 0.25) is 0 Å². The Morgan fingerprint density at radius 2 is 1.78 bits per heavy atom. The summed E-state index contributed by atoms with van der Waals surface area (Å²) in [6.07, 6.45) is 12.5. The van der Waals surface area contributed by atoms with Gasteiger partial charge in [0.15, 0.2) is 18.4 Å². The van der Waals surface area contributed by atoms with Crippen molar-refractivity contribution >= 4 is 5.57 Å². The summed E-state index contributed by atoms with van der Waals surface area (Å²) < 4.78 is 2.19. The van der Waals surface area contributed by atoms with Gasteiger partial charge < -0.3 is 0 Å². The van der Waals surface area contributed by atoms with Gasteiger partial charge in [-0.05, 0) is 30.9 Å². The Labute approximate surface area is 111 Å². The van der Waals surface area contributed by atoms with Crippen molar-refractivity contribution in [2.75, 3.05) is 0 Å². The number of allylic oxidation sites excluding steroid dienone is 5. The van der Waals surface area contributed by atoms with E-state index in [0.29, 0.717) is 12.0 Å². The van der Waals surface area contributed by atoms with E-state index in [0.717, 1.165) is 5.57 Å². The summed E-state index contributed by atoms with van der Waals surface area (Å²) in [7, 11) is 0. The Bertz CT molecular complexity index is 433. The van der Waals surface area contributed by atoms with Crippen LogP contribution in [0.2, 0.25) is 0 Å². The van der Waals surface area contributed by atoms with Crippen molar-refractivity contribution in [1.29, 1.82) is 0 Å². The van der Waals surface area contributed by atoms with E-state index in [4.69, 9.17) is 0 Å². The fourth-order valence-corrected chi connectivity index (χ4v) is 1.64. The van der Waals surface area contributed by atoms with Crippen LogP contribution in [0, 0.1) is 5.92 Å². The van der Waals surface area contributed by atoms with Crippen LogP contribution in [0.1, 0.15) is 39.3 Å². The molecule has 1 aromatic rings. The fraction of sp³-hybridized carbons (Fsp3) is 0.353. The summed E-state index contributed by atoms with van der Waals surface area (Å²) in [5, 5.41) is 0. The summed E-state index contributed by atoms with van der Waals surface area (Å²) in [6, 6.07) is 4.77. The first-order valence-electron chi connectivity index (χ1n) is 6.56. The molecule has 0 amide bonds. The predicted octanol–water partition coefficient (Wildman–Crippen LogP) is 4.34. The zero-order chi connectivity index (χ0) is 13.5. The second-order valence-corrected chi connectivity index (χ2v) is 5.08. The molecule has 0 saturated heterocycles. The molecular formula is C17H24N+. The largest absolute Gasteiger partial charge is 0.203 e. The van der Waals surface area contributed by atoms with Gasteiger partial charge in [0.05, 0.1) is 0 Å². The van der Waals surface area contributed by atoms with Gasteiger partial charge in [0, 0.05) is 12.1 Å². The summed E-state index contributed by atoms with van der Waals surface area (Å²) in [6.45, 7) is 12.6. The maximum Gasteiger partial charge on any atom is 0.169 e. The Kier molecular flexibility index (Phi) is 5.57. The van der Waals surface area contributed by atoms with Crippen molar-refractivity contribution in [3.63, 3.8) is 0 Å². The SMILES string of the molecule is C=C/C(=C\C=C\C(C)C)c1cc[n+](C(C)C)cc1. The molecule has 0 radical (unpaired) electrons. The number of hydrogen-bond acceptors (Lipinski definition) is 0. The highest BCUT2D eigenvalue weighted by Gasteiger charge is 2.05. The highest BCUT2D eigenvalue weighted by atomic mass is 15.0. The van der Waals surface area contributed by atoms with Gasteiger partial charge >= 0.3 is 0 Å². The van der Waals surface area contributed by atoms with Gasteiger partial charge in [-0.2, -0.15) is 0 Å². The number of aromatic nitrogens is 1. The van der Waals surface area contributed by atoms with Gasteiger partial charge in [-0.1, -0.05) is 44.7 Å². The Hall–Kier alpha value is -1.63. The van der Waals surface area contributed by atoms with E-state index < -0.39 is 0 Å². The molecule has 18 heavy (non-hydrogen) atoms. The maximum atomic E-state index is 3.88. The minimum atomic E-state index is 0.496. The van der Waals surface area contributed by atoms with Crippen LogP contribution >= 0.6 is 0 Å². The third kappa shape index (κ3) is 4.33. The van der Waals surface area contributed by atoms with E-state index in [1.54, 1.807) is 0 Å². The van der Waals surface area contributed by atoms with Crippen molar-refractivity contribution in [1.82, 2.24) is 0 Å². The first-order chi connectivity index (χ1) is 8.54. The first kappa shape index (κ1) is 14.4. The lowest BCUT2D eigenvalue weighted by molar-refractivity contribution is -0.716. The molecule has 0 fully saturated rings. The van der Waals surface area contributed by atoms with Crippen molar-refractivity contribution < 1.29 is 4.57 Å². The molecule has 0 aliphatic heterocycles. The quantitative estimate of drug-likeness (QED) is 0.534. The summed E-state index contributed by atoms with van der Waals surface area (Å²) in [4.78, 5) is 0. The third-order valence-corrected chi connectivity index (χ3v) is 2.77. The van der Waals surface area contributed by atoms with Crippen LogP contribution in [0.15, 0.2) is 55.4 Å². The molecule has 0 aliphatic rings. The molecule has 1 rings (SSSR count). The van der Waals surface area contributed by atoms with Crippen LogP contribution in [0.4, 0.5) is 0 Å². The van der Waals surface area contributed by atoms with E-state index in [9.17, 15) is 0 Å². The predicted molar refractivity (Wildman–Crippen MR) is 79.2 cm³/mol. The maximum absolute atomic E-state index is 3.88. The highest BCUT2D eigenvalue weighted by molar-refractivity contribution is 5.74. The second-order valence-electron chi connectivity index (χ2n) is 5.08. The molecule has 0 aromatic carbocycles. The third-order valence-electron chi connectivity index (χ3n) is 2.77. The van der Waals surface area contributed by atoms with Crippen molar-refractivity contribution in [2.24, 2.45) is 5.92 Å². The van der Waals surface area contributed by atoms with Gasteiger partial charge in [-0.25, -0.2) is 4.57 Å². The van der Waals surface area contributed by atoms with E-state index in [-0.39, 0.29) is 0 Å². The lowest BCUT2D eigenvalue weighted by Crippen LogP contribution is -2.34. The Morgan fingerprint density at radius 3 is 2.22 bits per heavy atom. The van der Waals surface area contributed by atoms with Crippen LogP contribution in [-0.2, 0) is 0 Å². The number of rotatable bonds is 5. The molecule has 1 heteroatoms. The molecule has 1 aromatic heterocycles. The van der Waals surface area contributed by atoms with E-state index >= 15 is 0 Å². The molecule has 1 heterocycles. The van der Waals surface area contributed by atoms with Crippen LogP contribution in [-0.4, -0.2) is 0 Å². The molecular weight excluding hydrogens is 218 g/mol. The van der Waals surface area contributed by atoms with Gasteiger partial charge in [-0.3, -0.25) is 0 Å². The van der Waals surface area contributed by atoms with E-state index in [2.05, 4.69) is 81.6 Å². The van der Waals surface area contributed by atoms with Crippen molar-refractivity contribution in [3.05, 3.63) is 61.0 Å². The van der Waals surface area contributed by atoms with Gasteiger partial charge in [0.25, 0.3) is 0 Å². The molecule has 96 valence electrons. The molecule has 0 spiro atoms. The van der Waals surface area contributed by atoms with Gasteiger partial charge in [0.1, 0.15) is 0 Å². The lowest BCUT2D eigenvalue weighted by atomic mass is 10.1. The highest BCUT2D eigenvalue weighted by Crippen LogP contribution is 2.14. The standard InChI is InChI=1S/C17H24N/c1-6-16(9-7-8-14(2)3)17-10-12-18(13-11-17)15(4)5/h6-15H,1H2,2-5H3/q+1/b8-7+,16-9+. The zero-order valence-corrected chi connectivity index (χ0v) is 11.9. The minimum Gasteiger partial charge on any atom is -0.203 e. The average Bonchev–Trinajstić information content (AvgIpc) is 2.34. The summed E-state index contributed by atoms with van der Waals surface area (Å²) in [5.74, 6) is 0.575. The normalized spacial score (nSPS) is 12.7. The Balaban J connectivity index is 2.92.